The standard InChI is InChI=1S/C26H24N2O5/c1-16(25(30)31)28(2)24(29)17-8-7-9-18(14-17)27-26(32)33-15-23-21-12-5-3-10-19(21)20-11-4-6-13-22(20)23/h3-14,16,23H,15H2,1-2H3,(H,27,32)(H,30,31)/t16-/m0/s1. The van der Waals surface area contributed by atoms with Crippen molar-refractivity contribution in [1.29, 1.82) is 0 Å². The summed E-state index contributed by atoms with van der Waals surface area (Å²) in [5.41, 5.74) is 5.18. The second-order valence-electron chi connectivity index (χ2n) is 7.96. The lowest BCUT2D eigenvalue weighted by atomic mass is 9.98. The molecule has 0 heterocycles. The van der Waals surface area contributed by atoms with Crippen LogP contribution in [0.25, 0.3) is 11.1 Å². The number of carboxylic acids is 1. The molecular formula is C26H24N2O5. The van der Waals surface area contributed by atoms with E-state index in [2.05, 4.69) is 17.4 Å². The summed E-state index contributed by atoms with van der Waals surface area (Å²) in [6.45, 7) is 1.61. The zero-order chi connectivity index (χ0) is 23.5. The van der Waals surface area contributed by atoms with Crippen LogP contribution in [0.3, 0.4) is 0 Å². The molecule has 1 aliphatic rings. The van der Waals surface area contributed by atoms with Crippen molar-refractivity contribution in [2.75, 3.05) is 19.0 Å². The average molecular weight is 444 g/mol. The van der Waals surface area contributed by atoms with Gasteiger partial charge in [0.25, 0.3) is 5.91 Å². The molecule has 2 N–H and O–H groups in total. The van der Waals surface area contributed by atoms with Crippen LogP contribution >= 0.6 is 0 Å². The van der Waals surface area contributed by atoms with E-state index in [4.69, 9.17) is 9.84 Å². The SMILES string of the molecule is C[C@@H](C(=O)O)N(C)C(=O)c1cccc(NC(=O)OCC2c3ccccc3-c3ccccc32)c1. The molecule has 7 nitrogen and oxygen atoms in total. The number of fused-ring (bicyclic) bond motifs is 3. The molecule has 168 valence electrons. The minimum atomic E-state index is -1.10. The number of carboxylic acid groups (broad SMARTS) is 1. The lowest BCUT2D eigenvalue weighted by Gasteiger charge is -2.21. The molecule has 0 spiro atoms. The van der Waals surface area contributed by atoms with Crippen LogP contribution in [0.4, 0.5) is 10.5 Å². The molecule has 7 heteroatoms. The van der Waals surface area contributed by atoms with Crippen molar-refractivity contribution in [2.24, 2.45) is 0 Å². The highest BCUT2D eigenvalue weighted by molar-refractivity contribution is 5.98. The molecule has 4 rings (SSSR count). The average Bonchev–Trinajstić information content (AvgIpc) is 3.15. The summed E-state index contributed by atoms with van der Waals surface area (Å²) < 4.78 is 5.54. The molecule has 0 fully saturated rings. The normalized spacial score (nSPS) is 12.9. The van der Waals surface area contributed by atoms with E-state index in [9.17, 15) is 14.4 Å². The van der Waals surface area contributed by atoms with Crippen LogP contribution < -0.4 is 5.32 Å². The largest absolute Gasteiger partial charge is 0.480 e. The number of amides is 2. The Morgan fingerprint density at radius 1 is 0.970 bits per heavy atom. The monoisotopic (exact) mass is 444 g/mol. The van der Waals surface area contributed by atoms with Gasteiger partial charge in [0.1, 0.15) is 12.6 Å². The topological polar surface area (TPSA) is 95.9 Å². The first kappa shape index (κ1) is 22.1. The molecule has 3 aromatic rings. The van der Waals surface area contributed by atoms with Crippen molar-refractivity contribution >= 4 is 23.7 Å². The Kier molecular flexibility index (Phi) is 6.13. The van der Waals surface area contributed by atoms with Gasteiger partial charge in [0.2, 0.25) is 0 Å². The highest BCUT2D eigenvalue weighted by Gasteiger charge is 2.29. The van der Waals surface area contributed by atoms with Gasteiger partial charge in [-0.25, -0.2) is 9.59 Å². The molecule has 3 aromatic carbocycles. The molecule has 0 aliphatic heterocycles. The zero-order valence-corrected chi connectivity index (χ0v) is 18.3. The Bertz CT molecular complexity index is 1180. The summed E-state index contributed by atoms with van der Waals surface area (Å²) in [6.07, 6.45) is -0.631. The highest BCUT2D eigenvalue weighted by Crippen LogP contribution is 2.44. The van der Waals surface area contributed by atoms with Crippen LogP contribution in [0.2, 0.25) is 0 Å². The number of benzene rings is 3. The Morgan fingerprint density at radius 3 is 2.18 bits per heavy atom. The zero-order valence-electron chi connectivity index (χ0n) is 18.3. The smallest absolute Gasteiger partial charge is 0.411 e. The fraction of sp³-hybridized carbons (Fsp3) is 0.192. The molecule has 0 unspecified atom stereocenters. The summed E-state index contributed by atoms with van der Waals surface area (Å²) in [5, 5.41) is 11.8. The van der Waals surface area contributed by atoms with Crippen LogP contribution in [-0.4, -0.2) is 47.7 Å². The van der Waals surface area contributed by atoms with E-state index in [1.165, 1.54) is 20.0 Å². The summed E-state index contributed by atoms with van der Waals surface area (Å²) >= 11 is 0. The first-order chi connectivity index (χ1) is 15.9. The number of likely N-dealkylation sites (N-methyl/N-ethyl adjacent to an activating group) is 1. The molecule has 0 radical (unpaired) electrons. The third kappa shape index (κ3) is 4.43. The van der Waals surface area contributed by atoms with Crippen molar-refractivity contribution in [3.8, 4) is 11.1 Å². The third-order valence-electron chi connectivity index (χ3n) is 5.96. The number of ether oxygens (including phenoxy) is 1. The maximum absolute atomic E-state index is 12.6. The summed E-state index contributed by atoms with van der Waals surface area (Å²) in [5.74, 6) is -1.61. The van der Waals surface area contributed by atoms with E-state index in [0.717, 1.165) is 27.2 Å². The predicted molar refractivity (Wildman–Crippen MR) is 124 cm³/mol. The first-order valence-corrected chi connectivity index (χ1v) is 10.6. The van der Waals surface area contributed by atoms with Gasteiger partial charge in [-0.3, -0.25) is 10.1 Å². The van der Waals surface area contributed by atoms with Gasteiger partial charge in [-0.1, -0.05) is 54.6 Å². The maximum Gasteiger partial charge on any atom is 0.411 e. The number of carbonyl (C=O) groups excluding carboxylic acids is 2. The lowest BCUT2D eigenvalue weighted by molar-refractivity contribution is -0.141. The second-order valence-corrected chi connectivity index (χ2v) is 7.96. The number of aliphatic carboxylic acids is 1. The predicted octanol–water partition coefficient (Wildman–Crippen LogP) is 4.59. The number of rotatable bonds is 6. The Balaban J connectivity index is 1.43. The number of hydrogen-bond acceptors (Lipinski definition) is 4. The minimum Gasteiger partial charge on any atom is -0.480 e. The van der Waals surface area contributed by atoms with Crippen molar-refractivity contribution in [1.82, 2.24) is 4.90 Å². The molecule has 2 amide bonds. The van der Waals surface area contributed by atoms with Gasteiger partial charge < -0.3 is 14.7 Å². The Hall–Kier alpha value is -4.13. The minimum absolute atomic E-state index is 0.0535. The van der Waals surface area contributed by atoms with Crippen LogP contribution in [0.5, 0.6) is 0 Å². The van der Waals surface area contributed by atoms with Gasteiger partial charge in [0.15, 0.2) is 0 Å². The molecule has 33 heavy (non-hydrogen) atoms. The molecule has 0 bridgehead atoms. The molecule has 0 saturated carbocycles. The number of nitrogens with one attached hydrogen (secondary N) is 1. The molecular weight excluding hydrogens is 420 g/mol. The quantitative estimate of drug-likeness (QED) is 0.580. The van der Waals surface area contributed by atoms with Gasteiger partial charge in [-0.05, 0) is 47.4 Å². The molecule has 0 saturated heterocycles. The van der Waals surface area contributed by atoms with Crippen LogP contribution in [0.15, 0.2) is 72.8 Å². The summed E-state index contributed by atoms with van der Waals surface area (Å²) in [6, 6.07) is 21.5. The van der Waals surface area contributed by atoms with Gasteiger partial charge in [-0.2, -0.15) is 0 Å². The number of carbonyl (C=O) groups is 3. The summed E-state index contributed by atoms with van der Waals surface area (Å²) in [4.78, 5) is 37.4. The van der Waals surface area contributed by atoms with Crippen molar-refractivity contribution in [3.63, 3.8) is 0 Å². The fourth-order valence-corrected chi connectivity index (χ4v) is 4.03. The van der Waals surface area contributed by atoms with Gasteiger partial charge in [0.05, 0.1) is 0 Å². The van der Waals surface area contributed by atoms with E-state index in [-0.39, 0.29) is 18.1 Å². The van der Waals surface area contributed by atoms with Gasteiger partial charge in [0, 0.05) is 24.2 Å². The second kappa shape index (κ2) is 9.16. The Morgan fingerprint density at radius 2 is 1.58 bits per heavy atom. The number of hydrogen-bond donors (Lipinski definition) is 2. The van der Waals surface area contributed by atoms with E-state index < -0.39 is 24.0 Å². The summed E-state index contributed by atoms with van der Waals surface area (Å²) in [7, 11) is 1.42. The van der Waals surface area contributed by atoms with E-state index in [1.807, 2.05) is 36.4 Å². The van der Waals surface area contributed by atoms with Crippen LogP contribution in [-0.2, 0) is 9.53 Å². The first-order valence-electron chi connectivity index (χ1n) is 10.6. The lowest BCUT2D eigenvalue weighted by Crippen LogP contribution is -2.40. The number of nitrogens with zero attached hydrogens (tertiary/aromatic N) is 1. The van der Waals surface area contributed by atoms with Crippen molar-refractivity contribution in [2.45, 2.75) is 18.9 Å². The van der Waals surface area contributed by atoms with E-state index >= 15 is 0 Å². The van der Waals surface area contributed by atoms with E-state index in [0.29, 0.717) is 5.69 Å². The van der Waals surface area contributed by atoms with E-state index in [1.54, 1.807) is 18.2 Å². The highest BCUT2D eigenvalue weighted by atomic mass is 16.5. The fourth-order valence-electron chi connectivity index (χ4n) is 4.03. The van der Waals surface area contributed by atoms with Crippen molar-refractivity contribution in [3.05, 3.63) is 89.5 Å². The number of anilines is 1. The molecule has 1 atom stereocenters. The third-order valence-corrected chi connectivity index (χ3v) is 5.96. The van der Waals surface area contributed by atoms with Crippen LogP contribution in [0, 0.1) is 0 Å². The van der Waals surface area contributed by atoms with Crippen molar-refractivity contribution < 1.29 is 24.2 Å². The molecule has 1 aliphatic carbocycles. The molecule has 0 aromatic heterocycles. The van der Waals surface area contributed by atoms with Gasteiger partial charge >= 0.3 is 12.1 Å². The van der Waals surface area contributed by atoms with Crippen LogP contribution in [0.1, 0.15) is 34.3 Å². The maximum atomic E-state index is 12.6. The Labute approximate surface area is 191 Å². The van der Waals surface area contributed by atoms with Gasteiger partial charge in [-0.15, -0.1) is 0 Å².